The second-order valence-electron chi connectivity index (χ2n) is 4.18. The largest absolute Gasteiger partial charge is 0.330 e. The molecule has 2 heteroatoms. The van der Waals surface area contributed by atoms with Crippen molar-refractivity contribution in [1.29, 1.82) is 0 Å². The molecule has 0 spiro atoms. The van der Waals surface area contributed by atoms with Gasteiger partial charge in [-0.2, -0.15) is 0 Å². The molecule has 0 aliphatic heterocycles. The normalized spacial score (nSPS) is 14.9. The van der Waals surface area contributed by atoms with E-state index in [2.05, 4.69) is 43.4 Å². The number of benzene rings is 1. The van der Waals surface area contributed by atoms with Gasteiger partial charge in [-0.25, -0.2) is 0 Å². The third kappa shape index (κ3) is 3.05. The lowest BCUT2D eigenvalue weighted by atomic mass is 9.89. The van der Waals surface area contributed by atoms with Crippen LogP contribution in [-0.2, 0) is 0 Å². The summed E-state index contributed by atoms with van der Waals surface area (Å²) in [5, 5.41) is 3.39. The van der Waals surface area contributed by atoms with Gasteiger partial charge in [0.2, 0.25) is 0 Å². The van der Waals surface area contributed by atoms with Gasteiger partial charge in [0, 0.05) is 6.04 Å². The minimum absolute atomic E-state index is 0.412. The van der Waals surface area contributed by atoms with Gasteiger partial charge in [0.15, 0.2) is 0 Å². The average molecular weight is 206 g/mol. The second kappa shape index (κ2) is 5.89. The van der Waals surface area contributed by atoms with Gasteiger partial charge in [-0.15, -0.1) is 0 Å². The lowest BCUT2D eigenvalue weighted by Gasteiger charge is -2.25. The highest BCUT2D eigenvalue weighted by Gasteiger charge is 2.17. The summed E-state index contributed by atoms with van der Waals surface area (Å²) >= 11 is 0. The van der Waals surface area contributed by atoms with Crippen LogP contribution in [0.2, 0.25) is 0 Å². The Kier molecular flexibility index (Phi) is 4.79. The summed E-state index contributed by atoms with van der Waals surface area (Å²) in [7, 11) is 2.02. The summed E-state index contributed by atoms with van der Waals surface area (Å²) in [5.74, 6) is 0.570. The van der Waals surface area contributed by atoms with Crippen molar-refractivity contribution in [2.24, 2.45) is 11.7 Å². The SMILES string of the molecule is CNC(c1ccccc1C)C(C)CCN. The van der Waals surface area contributed by atoms with Crippen molar-refractivity contribution in [3.63, 3.8) is 0 Å². The standard InChI is InChI=1S/C13H22N2/c1-10-6-4-5-7-12(10)13(15-3)11(2)8-9-14/h4-7,11,13,15H,8-9,14H2,1-3H3. The summed E-state index contributed by atoms with van der Waals surface area (Å²) in [5.41, 5.74) is 8.35. The topological polar surface area (TPSA) is 38.0 Å². The summed E-state index contributed by atoms with van der Waals surface area (Å²) < 4.78 is 0. The number of aryl methyl sites for hydroxylation is 1. The monoisotopic (exact) mass is 206 g/mol. The fourth-order valence-corrected chi connectivity index (χ4v) is 2.11. The van der Waals surface area contributed by atoms with Crippen LogP contribution in [0, 0.1) is 12.8 Å². The van der Waals surface area contributed by atoms with Crippen molar-refractivity contribution in [1.82, 2.24) is 5.32 Å². The van der Waals surface area contributed by atoms with E-state index in [1.807, 2.05) is 7.05 Å². The van der Waals surface area contributed by atoms with Gasteiger partial charge in [0.05, 0.1) is 0 Å². The van der Waals surface area contributed by atoms with E-state index in [-0.39, 0.29) is 0 Å². The smallest absolute Gasteiger partial charge is 0.0346 e. The van der Waals surface area contributed by atoms with Crippen molar-refractivity contribution in [2.45, 2.75) is 26.3 Å². The first-order valence-electron chi connectivity index (χ1n) is 5.63. The third-order valence-electron chi connectivity index (χ3n) is 3.03. The maximum absolute atomic E-state index is 5.61. The van der Waals surface area contributed by atoms with E-state index in [0.29, 0.717) is 12.0 Å². The van der Waals surface area contributed by atoms with Crippen molar-refractivity contribution >= 4 is 0 Å². The molecule has 3 N–H and O–H groups in total. The highest BCUT2D eigenvalue weighted by molar-refractivity contribution is 5.29. The third-order valence-corrected chi connectivity index (χ3v) is 3.03. The molecule has 0 fully saturated rings. The minimum Gasteiger partial charge on any atom is -0.330 e. The van der Waals surface area contributed by atoms with E-state index in [1.165, 1.54) is 11.1 Å². The Hall–Kier alpha value is -0.860. The van der Waals surface area contributed by atoms with Crippen LogP contribution < -0.4 is 11.1 Å². The van der Waals surface area contributed by atoms with Crippen LogP contribution in [0.15, 0.2) is 24.3 Å². The molecule has 1 aromatic carbocycles. The highest BCUT2D eigenvalue weighted by atomic mass is 14.9. The Labute approximate surface area is 92.9 Å². The van der Waals surface area contributed by atoms with E-state index in [1.54, 1.807) is 0 Å². The number of hydrogen-bond donors (Lipinski definition) is 2. The second-order valence-corrected chi connectivity index (χ2v) is 4.18. The van der Waals surface area contributed by atoms with Crippen molar-refractivity contribution in [2.75, 3.05) is 13.6 Å². The van der Waals surface area contributed by atoms with E-state index in [4.69, 9.17) is 5.73 Å². The van der Waals surface area contributed by atoms with Gasteiger partial charge >= 0.3 is 0 Å². The minimum atomic E-state index is 0.412. The van der Waals surface area contributed by atoms with Crippen LogP contribution in [0.5, 0.6) is 0 Å². The van der Waals surface area contributed by atoms with Gasteiger partial charge in [0.1, 0.15) is 0 Å². The Balaban J connectivity index is 2.87. The van der Waals surface area contributed by atoms with Crippen LogP contribution in [-0.4, -0.2) is 13.6 Å². The highest BCUT2D eigenvalue weighted by Crippen LogP contribution is 2.25. The van der Waals surface area contributed by atoms with Gasteiger partial charge < -0.3 is 11.1 Å². The molecule has 2 atom stereocenters. The number of nitrogens with one attached hydrogen (secondary N) is 1. The molecule has 0 radical (unpaired) electrons. The van der Waals surface area contributed by atoms with E-state index in [0.717, 1.165) is 13.0 Å². The van der Waals surface area contributed by atoms with Crippen LogP contribution in [0.3, 0.4) is 0 Å². The fraction of sp³-hybridized carbons (Fsp3) is 0.538. The molecule has 0 saturated heterocycles. The molecule has 0 aromatic heterocycles. The van der Waals surface area contributed by atoms with Gasteiger partial charge in [0.25, 0.3) is 0 Å². The molecule has 2 unspecified atom stereocenters. The number of hydrogen-bond acceptors (Lipinski definition) is 2. The number of nitrogens with two attached hydrogens (primary N) is 1. The lowest BCUT2D eigenvalue weighted by molar-refractivity contribution is 0.390. The molecular formula is C13H22N2. The lowest BCUT2D eigenvalue weighted by Crippen LogP contribution is -2.25. The fourth-order valence-electron chi connectivity index (χ4n) is 2.11. The maximum atomic E-state index is 5.61. The van der Waals surface area contributed by atoms with Crippen LogP contribution in [0.4, 0.5) is 0 Å². The zero-order valence-electron chi connectivity index (χ0n) is 9.96. The molecule has 0 heterocycles. The molecule has 84 valence electrons. The molecule has 1 rings (SSSR count). The Bertz CT molecular complexity index is 296. The van der Waals surface area contributed by atoms with Crippen LogP contribution >= 0.6 is 0 Å². The summed E-state index contributed by atoms with van der Waals surface area (Å²) in [6.45, 7) is 5.17. The molecule has 1 aromatic rings. The van der Waals surface area contributed by atoms with Crippen molar-refractivity contribution in [3.05, 3.63) is 35.4 Å². The van der Waals surface area contributed by atoms with E-state index < -0.39 is 0 Å². The predicted octanol–water partition coefficient (Wildman–Crippen LogP) is 2.24. The predicted molar refractivity (Wildman–Crippen MR) is 65.8 cm³/mol. The van der Waals surface area contributed by atoms with Gasteiger partial charge in [-0.3, -0.25) is 0 Å². The molecule has 0 bridgehead atoms. The molecule has 0 amide bonds. The van der Waals surface area contributed by atoms with Crippen molar-refractivity contribution in [3.8, 4) is 0 Å². The molecule has 0 aliphatic carbocycles. The molecule has 0 saturated carbocycles. The van der Waals surface area contributed by atoms with E-state index >= 15 is 0 Å². The zero-order chi connectivity index (χ0) is 11.3. The van der Waals surface area contributed by atoms with Gasteiger partial charge in [-0.1, -0.05) is 31.2 Å². The molecular weight excluding hydrogens is 184 g/mol. The van der Waals surface area contributed by atoms with Crippen LogP contribution in [0.25, 0.3) is 0 Å². The summed E-state index contributed by atoms with van der Waals surface area (Å²) in [4.78, 5) is 0. The average Bonchev–Trinajstić information content (AvgIpc) is 2.22. The zero-order valence-corrected chi connectivity index (χ0v) is 9.96. The molecule has 2 nitrogen and oxygen atoms in total. The first-order chi connectivity index (χ1) is 7.20. The summed E-state index contributed by atoms with van der Waals surface area (Å²) in [6, 6.07) is 8.95. The Morgan fingerprint density at radius 1 is 1.33 bits per heavy atom. The van der Waals surface area contributed by atoms with E-state index in [9.17, 15) is 0 Å². The Morgan fingerprint density at radius 2 is 2.00 bits per heavy atom. The molecule has 0 aliphatic rings. The summed E-state index contributed by atoms with van der Waals surface area (Å²) in [6.07, 6.45) is 1.06. The van der Waals surface area contributed by atoms with Crippen molar-refractivity contribution < 1.29 is 0 Å². The maximum Gasteiger partial charge on any atom is 0.0346 e. The first kappa shape index (κ1) is 12.2. The Morgan fingerprint density at radius 3 is 2.53 bits per heavy atom. The molecule has 15 heavy (non-hydrogen) atoms. The van der Waals surface area contributed by atoms with Gasteiger partial charge in [-0.05, 0) is 44.0 Å². The number of rotatable bonds is 5. The first-order valence-corrected chi connectivity index (χ1v) is 5.63. The quantitative estimate of drug-likeness (QED) is 0.775. The van der Waals surface area contributed by atoms with Crippen LogP contribution in [0.1, 0.15) is 30.5 Å².